The van der Waals surface area contributed by atoms with Crippen molar-refractivity contribution in [2.24, 2.45) is 10.7 Å². The lowest BCUT2D eigenvalue weighted by Crippen LogP contribution is -2.23. The molecule has 0 spiro atoms. The molecule has 0 saturated heterocycles. The first-order valence-corrected chi connectivity index (χ1v) is 6.06. The molecule has 6 nitrogen and oxygen atoms in total. The van der Waals surface area contributed by atoms with Crippen molar-refractivity contribution in [2.45, 2.75) is 20.3 Å². The van der Waals surface area contributed by atoms with E-state index in [1.54, 1.807) is 6.20 Å². The van der Waals surface area contributed by atoms with Gasteiger partial charge >= 0.3 is 0 Å². The zero-order valence-electron chi connectivity index (χ0n) is 11.1. The van der Waals surface area contributed by atoms with Crippen molar-refractivity contribution in [1.29, 1.82) is 0 Å². The van der Waals surface area contributed by atoms with Crippen LogP contribution < -0.4 is 11.1 Å². The van der Waals surface area contributed by atoms with Crippen molar-refractivity contribution >= 4 is 11.8 Å². The fraction of sp³-hybridized carbons (Fsp3) is 0.308. The first-order chi connectivity index (χ1) is 9.16. The Labute approximate surface area is 111 Å². The number of aliphatic imine (C=N–C) groups is 1. The molecular formula is C13H17N5O. The number of hydrogen-bond donors (Lipinski definition) is 2. The second-order valence-electron chi connectivity index (χ2n) is 4.16. The fourth-order valence-corrected chi connectivity index (χ4v) is 1.75. The molecule has 0 saturated carbocycles. The summed E-state index contributed by atoms with van der Waals surface area (Å²) < 4.78 is 5.09. The van der Waals surface area contributed by atoms with E-state index in [2.05, 4.69) is 20.4 Å². The van der Waals surface area contributed by atoms with Crippen molar-refractivity contribution in [2.75, 3.05) is 11.9 Å². The number of nitrogens with zero attached hydrogens (tertiary/aromatic N) is 3. The quantitative estimate of drug-likeness (QED) is 0.643. The van der Waals surface area contributed by atoms with Gasteiger partial charge in [-0.05, 0) is 32.4 Å². The lowest BCUT2D eigenvalue weighted by molar-refractivity contribution is 0.392. The minimum atomic E-state index is 0.352. The second kappa shape index (κ2) is 5.99. The summed E-state index contributed by atoms with van der Waals surface area (Å²) in [7, 11) is 0. The molecule has 0 aliphatic carbocycles. The van der Waals surface area contributed by atoms with Gasteiger partial charge in [-0.2, -0.15) is 0 Å². The van der Waals surface area contributed by atoms with Crippen LogP contribution in [0.4, 0.5) is 5.82 Å². The molecule has 0 atom stereocenters. The number of pyridine rings is 1. The third kappa shape index (κ3) is 3.54. The normalized spacial score (nSPS) is 11.6. The molecule has 100 valence electrons. The van der Waals surface area contributed by atoms with Gasteiger partial charge in [-0.15, -0.1) is 0 Å². The molecule has 19 heavy (non-hydrogen) atoms. The zero-order valence-corrected chi connectivity index (χ0v) is 11.1. The first kappa shape index (κ1) is 13.1. The largest absolute Gasteiger partial charge is 0.370 e. The molecule has 2 heterocycles. The highest BCUT2D eigenvalue weighted by Gasteiger charge is 2.07. The van der Waals surface area contributed by atoms with Crippen molar-refractivity contribution in [3.8, 4) is 0 Å². The third-order valence-electron chi connectivity index (χ3n) is 2.75. The predicted molar refractivity (Wildman–Crippen MR) is 74.0 cm³/mol. The summed E-state index contributed by atoms with van der Waals surface area (Å²) in [5.41, 5.74) is 7.78. The number of nitrogens with one attached hydrogen (secondary N) is 1. The summed E-state index contributed by atoms with van der Waals surface area (Å²) in [5.74, 6) is 1.87. The Kier molecular flexibility index (Phi) is 4.12. The molecule has 2 aromatic heterocycles. The van der Waals surface area contributed by atoms with Gasteiger partial charge in [0.05, 0.1) is 5.69 Å². The highest BCUT2D eigenvalue weighted by Crippen LogP contribution is 2.12. The summed E-state index contributed by atoms with van der Waals surface area (Å²) in [6.07, 6.45) is 2.45. The number of nitrogens with two attached hydrogens (primary N) is 1. The topological polar surface area (TPSA) is 89.3 Å². The number of anilines is 1. The summed E-state index contributed by atoms with van der Waals surface area (Å²) >= 11 is 0. The number of aryl methyl sites for hydroxylation is 2. The van der Waals surface area contributed by atoms with Crippen molar-refractivity contribution in [1.82, 2.24) is 10.1 Å². The predicted octanol–water partition coefficient (Wildman–Crippen LogP) is 1.66. The van der Waals surface area contributed by atoms with E-state index in [4.69, 9.17) is 10.3 Å². The maximum atomic E-state index is 5.78. The molecule has 0 unspecified atom stereocenters. The Hall–Kier alpha value is -2.37. The molecule has 0 aliphatic rings. The van der Waals surface area contributed by atoms with Gasteiger partial charge in [0, 0.05) is 18.3 Å². The molecule has 0 aromatic carbocycles. The molecule has 0 amide bonds. The summed E-state index contributed by atoms with van der Waals surface area (Å²) in [6.45, 7) is 4.40. The Bertz CT molecular complexity index is 542. The van der Waals surface area contributed by atoms with Crippen LogP contribution in [-0.4, -0.2) is 22.6 Å². The van der Waals surface area contributed by atoms with Crippen LogP contribution in [-0.2, 0) is 6.42 Å². The third-order valence-corrected chi connectivity index (χ3v) is 2.75. The SMILES string of the molecule is Cc1noc(C)c1CCN=C(N)Nc1ccccn1. The average molecular weight is 259 g/mol. The summed E-state index contributed by atoms with van der Waals surface area (Å²) in [6, 6.07) is 5.55. The van der Waals surface area contributed by atoms with Crippen LogP contribution in [0.1, 0.15) is 17.0 Å². The van der Waals surface area contributed by atoms with Crippen molar-refractivity contribution in [3.05, 3.63) is 41.4 Å². The lowest BCUT2D eigenvalue weighted by atomic mass is 10.1. The number of aromatic nitrogens is 2. The molecule has 2 rings (SSSR count). The molecule has 0 aliphatic heterocycles. The van der Waals surface area contributed by atoms with Crippen LogP contribution in [0.5, 0.6) is 0 Å². The monoisotopic (exact) mass is 259 g/mol. The van der Waals surface area contributed by atoms with Gasteiger partial charge in [0.2, 0.25) is 0 Å². The molecule has 2 aromatic rings. The van der Waals surface area contributed by atoms with Gasteiger partial charge in [0.15, 0.2) is 5.96 Å². The van der Waals surface area contributed by atoms with E-state index in [9.17, 15) is 0 Å². The van der Waals surface area contributed by atoms with Gasteiger partial charge in [-0.25, -0.2) is 4.98 Å². The summed E-state index contributed by atoms with van der Waals surface area (Å²) in [4.78, 5) is 8.36. The van der Waals surface area contributed by atoms with Gasteiger partial charge < -0.3 is 15.6 Å². The van der Waals surface area contributed by atoms with Crippen LogP contribution in [0, 0.1) is 13.8 Å². The smallest absolute Gasteiger partial charge is 0.194 e. The van der Waals surface area contributed by atoms with Crippen molar-refractivity contribution in [3.63, 3.8) is 0 Å². The number of hydrogen-bond acceptors (Lipinski definition) is 4. The second-order valence-corrected chi connectivity index (χ2v) is 4.16. The van der Waals surface area contributed by atoms with Gasteiger partial charge in [-0.3, -0.25) is 4.99 Å². The van der Waals surface area contributed by atoms with E-state index >= 15 is 0 Å². The molecular weight excluding hydrogens is 242 g/mol. The Morgan fingerprint density at radius 1 is 1.42 bits per heavy atom. The molecule has 0 radical (unpaired) electrons. The van der Waals surface area contributed by atoms with Crippen LogP contribution in [0.15, 0.2) is 33.9 Å². The minimum Gasteiger partial charge on any atom is -0.370 e. The highest BCUT2D eigenvalue weighted by atomic mass is 16.5. The van der Waals surface area contributed by atoms with Crippen molar-refractivity contribution < 1.29 is 4.52 Å². The van der Waals surface area contributed by atoms with Gasteiger partial charge in [-0.1, -0.05) is 11.2 Å². The maximum absolute atomic E-state index is 5.78. The summed E-state index contributed by atoms with van der Waals surface area (Å²) in [5, 5.41) is 6.83. The van der Waals surface area contributed by atoms with E-state index in [-0.39, 0.29) is 0 Å². The lowest BCUT2D eigenvalue weighted by Gasteiger charge is -2.04. The van der Waals surface area contributed by atoms with E-state index in [0.29, 0.717) is 18.3 Å². The Morgan fingerprint density at radius 2 is 2.26 bits per heavy atom. The molecule has 0 bridgehead atoms. The first-order valence-electron chi connectivity index (χ1n) is 6.06. The van der Waals surface area contributed by atoms with Crippen LogP contribution in [0.2, 0.25) is 0 Å². The Balaban J connectivity index is 1.89. The number of guanidine groups is 1. The van der Waals surface area contributed by atoms with E-state index in [1.165, 1.54) is 0 Å². The average Bonchev–Trinajstić information content (AvgIpc) is 2.71. The van der Waals surface area contributed by atoms with E-state index in [1.807, 2.05) is 32.0 Å². The Morgan fingerprint density at radius 3 is 2.89 bits per heavy atom. The number of rotatable bonds is 4. The van der Waals surface area contributed by atoms with E-state index in [0.717, 1.165) is 23.4 Å². The molecule has 3 N–H and O–H groups in total. The van der Waals surface area contributed by atoms with Crippen LogP contribution in [0.3, 0.4) is 0 Å². The van der Waals surface area contributed by atoms with E-state index < -0.39 is 0 Å². The standard InChI is InChI=1S/C13H17N5O/c1-9-11(10(2)19-18-9)6-8-16-13(14)17-12-5-3-4-7-15-12/h3-5,7H,6,8H2,1-2H3,(H3,14,15,16,17). The molecule has 0 fully saturated rings. The van der Waals surface area contributed by atoms with Gasteiger partial charge in [0.1, 0.15) is 11.6 Å². The zero-order chi connectivity index (χ0) is 13.7. The molecule has 6 heteroatoms. The van der Waals surface area contributed by atoms with Crippen LogP contribution in [0.25, 0.3) is 0 Å². The minimum absolute atomic E-state index is 0.352. The van der Waals surface area contributed by atoms with Crippen LogP contribution >= 0.6 is 0 Å². The van der Waals surface area contributed by atoms with Gasteiger partial charge in [0.25, 0.3) is 0 Å². The maximum Gasteiger partial charge on any atom is 0.194 e. The highest BCUT2D eigenvalue weighted by molar-refractivity contribution is 5.91. The fourth-order valence-electron chi connectivity index (χ4n) is 1.75.